The summed E-state index contributed by atoms with van der Waals surface area (Å²) >= 11 is 0. The number of carbonyl (C=O) groups excluding carboxylic acids is 2. The smallest absolute Gasteiger partial charge is 0.360 e. The Balaban J connectivity index is 1.66. The molecule has 1 atom stereocenters. The number of nitrogens with zero attached hydrogens (tertiary/aromatic N) is 2. The van der Waals surface area contributed by atoms with Gasteiger partial charge in [0.05, 0.1) is 5.52 Å². The summed E-state index contributed by atoms with van der Waals surface area (Å²) in [4.78, 5) is 26.5. The van der Waals surface area contributed by atoms with Gasteiger partial charge in [-0.25, -0.2) is 4.79 Å². The zero-order valence-electron chi connectivity index (χ0n) is 13.4. The van der Waals surface area contributed by atoms with Gasteiger partial charge in [-0.05, 0) is 31.7 Å². The highest BCUT2D eigenvalue weighted by Crippen LogP contribution is 2.19. The van der Waals surface area contributed by atoms with Gasteiger partial charge in [0.15, 0.2) is 11.8 Å². The van der Waals surface area contributed by atoms with Crippen LogP contribution in [0.1, 0.15) is 37.2 Å². The van der Waals surface area contributed by atoms with Crippen LogP contribution in [0.4, 0.5) is 0 Å². The number of aromatic nitrogens is 2. The van der Waals surface area contributed by atoms with Crippen molar-refractivity contribution in [1.29, 1.82) is 0 Å². The van der Waals surface area contributed by atoms with Gasteiger partial charge in [-0.15, -0.1) is 0 Å². The number of fused-ring (bicyclic) bond motifs is 1. The third-order valence-electron chi connectivity index (χ3n) is 4.39. The molecule has 1 amide bonds. The highest BCUT2D eigenvalue weighted by atomic mass is 16.5. The predicted molar refractivity (Wildman–Crippen MR) is 85.9 cm³/mol. The summed E-state index contributed by atoms with van der Waals surface area (Å²) in [6.07, 6.45) is 1.19. The number of benzene rings is 1. The molecule has 0 unspecified atom stereocenters. The van der Waals surface area contributed by atoms with E-state index in [1.807, 2.05) is 18.2 Å². The van der Waals surface area contributed by atoms with E-state index in [1.165, 1.54) is 0 Å². The molecule has 0 spiro atoms. The number of nitrogens with one attached hydrogen (secondary N) is 1. The molecule has 0 bridgehead atoms. The third kappa shape index (κ3) is 3.21. The number of hydrogen-bond donors (Lipinski definition) is 1. The van der Waals surface area contributed by atoms with Crippen LogP contribution in [-0.2, 0) is 9.53 Å². The summed E-state index contributed by atoms with van der Waals surface area (Å²) < 4.78 is 5.33. The average molecular weight is 315 g/mol. The molecule has 3 rings (SSSR count). The number of aromatic amines is 1. The summed E-state index contributed by atoms with van der Waals surface area (Å²) in [5.41, 5.74) is 0.982. The van der Waals surface area contributed by atoms with Gasteiger partial charge in [0.2, 0.25) is 0 Å². The molecule has 23 heavy (non-hydrogen) atoms. The molecular weight excluding hydrogens is 294 g/mol. The Kier molecular flexibility index (Phi) is 4.32. The standard InChI is InChI=1S/C17H21N3O3/c1-11-7-9-20(10-8-11)16(21)12(2)23-17(22)15-13-5-3-4-6-14(13)18-19-15/h3-6,11-12H,7-10H2,1-2H3,(H,18,19)/t12-/m0/s1. The lowest BCUT2D eigenvalue weighted by Gasteiger charge is -2.31. The second-order valence-electron chi connectivity index (χ2n) is 6.17. The summed E-state index contributed by atoms with van der Waals surface area (Å²) in [7, 11) is 0. The van der Waals surface area contributed by atoms with Crippen LogP contribution in [-0.4, -0.2) is 46.2 Å². The first-order chi connectivity index (χ1) is 11.1. The average Bonchev–Trinajstić information content (AvgIpc) is 2.99. The van der Waals surface area contributed by atoms with Crippen LogP contribution in [0.25, 0.3) is 10.9 Å². The molecule has 0 saturated carbocycles. The van der Waals surface area contributed by atoms with Crippen molar-refractivity contribution in [2.24, 2.45) is 5.92 Å². The van der Waals surface area contributed by atoms with E-state index in [2.05, 4.69) is 17.1 Å². The normalized spacial score (nSPS) is 17.2. The molecule has 2 aromatic rings. The second kappa shape index (κ2) is 6.40. The largest absolute Gasteiger partial charge is 0.448 e. The van der Waals surface area contributed by atoms with Gasteiger partial charge < -0.3 is 9.64 Å². The Morgan fingerprint density at radius 1 is 1.30 bits per heavy atom. The number of piperidine rings is 1. The molecule has 1 aliphatic rings. The van der Waals surface area contributed by atoms with Gasteiger partial charge in [-0.3, -0.25) is 9.89 Å². The first kappa shape index (κ1) is 15.5. The topological polar surface area (TPSA) is 75.3 Å². The van der Waals surface area contributed by atoms with Crippen molar-refractivity contribution in [3.05, 3.63) is 30.0 Å². The number of ether oxygens (including phenoxy) is 1. The van der Waals surface area contributed by atoms with Crippen molar-refractivity contribution >= 4 is 22.8 Å². The molecule has 1 N–H and O–H groups in total. The van der Waals surface area contributed by atoms with Crippen LogP contribution in [0.15, 0.2) is 24.3 Å². The fourth-order valence-electron chi connectivity index (χ4n) is 2.87. The zero-order valence-corrected chi connectivity index (χ0v) is 13.4. The molecular formula is C17H21N3O3. The first-order valence-electron chi connectivity index (χ1n) is 7.99. The Labute approximate surface area is 134 Å². The number of esters is 1. The van der Waals surface area contributed by atoms with Crippen molar-refractivity contribution in [2.75, 3.05) is 13.1 Å². The van der Waals surface area contributed by atoms with E-state index >= 15 is 0 Å². The van der Waals surface area contributed by atoms with Gasteiger partial charge in [-0.2, -0.15) is 5.10 Å². The van der Waals surface area contributed by atoms with E-state index in [-0.39, 0.29) is 11.6 Å². The van der Waals surface area contributed by atoms with Gasteiger partial charge in [0.25, 0.3) is 5.91 Å². The highest BCUT2D eigenvalue weighted by Gasteiger charge is 2.28. The first-order valence-corrected chi connectivity index (χ1v) is 7.99. The number of para-hydroxylation sites is 1. The van der Waals surface area contributed by atoms with Crippen molar-refractivity contribution < 1.29 is 14.3 Å². The summed E-state index contributed by atoms with van der Waals surface area (Å²) in [5, 5.41) is 7.50. The van der Waals surface area contributed by atoms with E-state index in [0.29, 0.717) is 11.3 Å². The lowest BCUT2D eigenvalue weighted by Crippen LogP contribution is -2.44. The minimum absolute atomic E-state index is 0.134. The van der Waals surface area contributed by atoms with Crippen molar-refractivity contribution in [2.45, 2.75) is 32.8 Å². The maximum absolute atomic E-state index is 12.4. The van der Waals surface area contributed by atoms with Gasteiger partial charge in [0.1, 0.15) is 0 Å². The Morgan fingerprint density at radius 2 is 2.00 bits per heavy atom. The van der Waals surface area contributed by atoms with Crippen molar-refractivity contribution in [3.8, 4) is 0 Å². The summed E-state index contributed by atoms with van der Waals surface area (Å²) in [6.45, 7) is 5.27. The molecule has 1 saturated heterocycles. The molecule has 0 radical (unpaired) electrons. The molecule has 2 heterocycles. The van der Waals surface area contributed by atoms with Crippen LogP contribution in [0.3, 0.4) is 0 Å². The van der Waals surface area contributed by atoms with Crippen molar-refractivity contribution in [3.63, 3.8) is 0 Å². The fraction of sp³-hybridized carbons (Fsp3) is 0.471. The SMILES string of the molecule is CC1CCN(C(=O)[C@H](C)OC(=O)c2n[nH]c3ccccc23)CC1. The fourth-order valence-corrected chi connectivity index (χ4v) is 2.87. The second-order valence-corrected chi connectivity index (χ2v) is 6.17. The van der Waals surface area contributed by atoms with Crippen LogP contribution in [0.2, 0.25) is 0 Å². The Bertz CT molecular complexity index is 717. The van der Waals surface area contributed by atoms with E-state index in [4.69, 9.17) is 4.74 Å². The monoisotopic (exact) mass is 315 g/mol. The van der Waals surface area contributed by atoms with E-state index in [1.54, 1.807) is 17.9 Å². The minimum atomic E-state index is -0.800. The molecule has 1 aromatic carbocycles. The van der Waals surface area contributed by atoms with E-state index in [9.17, 15) is 9.59 Å². The van der Waals surface area contributed by atoms with Crippen molar-refractivity contribution in [1.82, 2.24) is 15.1 Å². The maximum atomic E-state index is 12.4. The van der Waals surface area contributed by atoms with Crippen LogP contribution in [0, 0.1) is 5.92 Å². The number of hydrogen-bond acceptors (Lipinski definition) is 4. The lowest BCUT2D eigenvalue weighted by molar-refractivity contribution is -0.141. The van der Waals surface area contributed by atoms with Crippen LogP contribution in [0.5, 0.6) is 0 Å². The van der Waals surface area contributed by atoms with E-state index < -0.39 is 12.1 Å². The molecule has 1 aliphatic heterocycles. The number of rotatable bonds is 3. The molecule has 1 fully saturated rings. The molecule has 6 nitrogen and oxygen atoms in total. The molecule has 1 aromatic heterocycles. The quantitative estimate of drug-likeness (QED) is 0.882. The zero-order chi connectivity index (χ0) is 16.4. The summed E-state index contributed by atoms with van der Waals surface area (Å²) in [5.74, 6) is -0.0638. The van der Waals surface area contributed by atoms with Crippen LogP contribution < -0.4 is 0 Å². The minimum Gasteiger partial charge on any atom is -0.448 e. The molecule has 6 heteroatoms. The number of amides is 1. The summed E-state index contributed by atoms with van der Waals surface area (Å²) in [6, 6.07) is 7.33. The van der Waals surface area contributed by atoms with Crippen LogP contribution >= 0.6 is 0 Å². The molecule has 0 aliphatic carbocycles. The number of carbonyl (C=O) groups is 2. The Hall–Kier alpha value is -2.37. The number of H-pyrrole nitrogens is 1. The highest BCUT2D eigenvalue weighted by molar-refractivity contribution is 6.02. The number of likely N-dealkylation sites (tertiary alicyclic amines) is 1. The lowest BCUT2D eigenvalue weighted by atomic mass is 9.99. The maximum Gasteiger partial charge on any atom is 0.360 e. The predicted octanol–water partition coefficient (Wildman–Crippen LogP) is 2.37. The van der Waals surface area contributed by atoms with Gasteiger partial charge >= 0.3 is 5.97 Å². The Morgan fingerprint density at radius 3 is 2.74 bits per heavy atom. The third-order valence-corrected chi connectivity index (χ3v) is 4.39. The van der Waals surface area contributed by atoms with Gasteiger partial charge in [-0.1, -0.05) is 25.1 Å². The van der Waals surface area contributed by atoms with Gasteiger partial charge in [0, 0.05) is 18.5 Å². The van der Waals surface area contributed by atoms with E-state index in [0.717, 1.165) is 31.4 Å². The molecule has 122 valence electrons.